The van der Waals surface area contributed by atoms with Gasteiger partial charge in [-0.15, -0.1) is 0 Å². The first kappa shape index (κ1) is 13.1. The number of nitrogens with one attached hydrogen (secondary N) is 1. The Labute approximate surface area is 113 Å². The van der Waals surface area contributed by atoms with E-state index in [0.717, 1.165) is 22.4 Å². The number of amides is 1. The van der Waals surface area contributed by atoms with Crippen molar-refractivity contribution in [3.05, 3.63) is 58.7 Å². The molecule has 0 radical (unpaired) electrons. The van der Waals surface area contributed by atoms with Crippen LogP contribution in [0, 0.1) is 20.8 Å². The number of rotatable bonds is 2. The predicted octanol–water partition coefficient (Wildman–Crippen LogP) is 3.45. The van der Waals surface area contributed by atoms with Crippen LogP contribution in [-0.4, -0.2) is 5.91 Å². The molecule has 0 aliphatic rings. The Hall–Kier alpha value is -2.29. The number of hydrogen-bond acceptors (Lipinski definition) is 2. The number of benzene rings is 2. The maximum Gasteiger partial charge on any atom is 0.255 e. The van der Waals surface area contributed by atoms with Gasteiger partial charge in [0, 0.05) is 16.9 Å². The van der Waals surface area contributed by atoms with Gasteiger partial charge in [-0.05, 0) is 49.6 Å². The first-order chi connectivity index (χ1) is 9.00. The molecule has 19 heavy (non-hydrogen) atoms. The van der Waals surface area contributed by atoms with E-state index in [-0.39, 0.29) is 5.91 Å². The molecule has 0 aliphatic heterocycles. The zero-order valence-corrected chi connectivity index (χ0v) is 11.4. The van der Waals surface area contributed by atoms with Gasteiger partial charge in [0.1, 0.15) is 0 Å². The Kier molecular flexibility index (Phi) is 3.56. The van der Waals surface area contributed by atoms with Crippen LogP contribution < -0.4 is 11.1 Å². The van der Waals surface area contributed by atoms with E-state index in [1.807, 2.05) is 57.2 Å². The summed E-state index contributed by atoms with van der Waals surface area (Å²) in [6.07, 6.45) is 0. The lowest BCUT2D eigenvalue weighted by atomic mass is 10.1. The Morgan fingerprint density at radius 1 is 1.00 bits per heavy atom. The molecule has 2 rings (SSSR count). The van der Waals surface area contributed by atoms with Crippen LogP contribution in [-0.2, 0) is 0 Å². The molecule has 0 saturated heterocycles. The first-order valence-corrected chi connectivity index (χ1v) is 6.23. The third-order valence-corrected chi connectivity index (χ3v) is 3.34. The molecule has 0 heterocycles. The van der Waals surface area contributed by atoms with E-state index >= 15 is 0 Å². The van der Waals surface area contributed by atoms with Crippen LogP contribution in [0.25, 0.3) is 0 Å². The molecule has 2 aromatic carbocycles. The van der Waals surface area contributed by atoms with Gasteiger partial charge in [-0.25, -0.2) is 0 Å². The summed E-state index contributed by atoms with van der Waals surface area (Å²) in [6.45, 7) is 5.80. The van der Waals surface area contributed by atoms with Crippen molar-refractivity contribution in [3.8, 4) is 0 Å². The Morgan fingerprint density at radius 2 is 1.68 bits per heavy atom. The molecule has 98 valence electrons. The standard InChI is InChI=1S/C16H18N2O/c1-10-6-4-5-7-13(10)16(19)18-15-11(2)8-9-14(17)12(15)3/h4-9H,17H2,1-3H3,(H,18,19). The van der Waals surface area contributed by atoms with Gasteiger partial charge in [-0.2, -0.15) is 0 Å². The average molecular weight is 254 g/mol. The zero-order chi connectivity index (χ0) is 14.0. The minimum absolute atomic E-state index is 0.102. The third-order valence-electron chi connectivity index (χ3n) is 3.34. The molecule has 3 nitrogen and oxygen atoms in total. The lowest BCUT2D eigenvalue weighted by Crippen LogP contribution is -2.15. The molecule has 0 fully saturated rings. The summed E-state index contributed by atoms with van der Waals surface area (Å²) < 4.78 is 0. The van der Waals surface area contributed by atoms with Crippen LogP contribution in [0.15, 0.2) is 36.4 Å². The number of carbonyl (C=O) groups is 1. The fraction of sp³-hybridized carbons (Fsp3) is 0.188. The lowest BCUT2D eigenvalue weighted by Gasteiger charge is -2.14. The number of aryl methyl sites for hydroxylation is 2. The van der Waals surface area contributed by atoms with Crippen molar-refractivity contribution in [2.75, 3.05) is 11.1 Å². The SMILES string of the molecule is Cc1ccccc1C(=O)Nc1c(C)ccc(N)c1C. The fourth-order valence-corrected chi connectivity index (χ4v) is 2.06. The molecule has 0 aliphatic carbocycles. The van der Waals surface area contributed by atoms with E-state index < -0.39 is 0 Å². The van der Waals surface area contributed by atoms with Gasteiger partial charge in [0.25, 0.3) is 5.91 Å². The fourth-order valence-electron chi connectivity index (χ4n) is 2.06. The largest absolute Gasteiger partial charge is 0.398 e. The second-order valence-electron chi connectivity index (χ2n) is 4.74. The van der Waals surface area contributed by atoms with Crippen LogP contribution >= 0.6 is 0 Å². The van der Waals surface area contributed by atoms with E-state index in [2.05, 4.69) is 5.32 Å². The molecular formula is C16H18N2O. The van der Waals surface area contributed by atoms with Crippen molar-refractivity contribution in [2.45, 2.75) is 20.8 Å². The zero-order valence-electron chi connectivity index (χ0n) is 11.4. The molecule has 0 bridgehead atoms. The number of nitrogens with two attached hydrogens (primary N) is 1. The number of carbonyl (C=O) groups excluding carboxylic acids is 1. The molecule has 0 atom stereocenters. The molecule has 3 N–H and O–H groups in total. The van der Waals surface area contributed by atoms with Crippen LogP contribution in [0.4, 0.5) is 11.4 Å². The first-order valence-electron chi connectivity index (χ1n) is 6.23. The third kappa shape index (κ3) is 2.60. The second kappa shape index (κ2) is 5.14. The van der Waals surface area contributed by atoms with Gasteiger partial charge in [0.15, 0.2) is 0 Å². The Morgan fingerprint density at radius 3 is 2.37 bits per heavy atom. The predicted molar refractivity (Wildman–Crippen MR) is 79.5 cm³/mol. The number of hydrogen-bond donors (Lipinski definition) is 2. The highest BCUT2D eigenvalue weighted by Crippen LogP contribution is 2.26. The van der Waals surface area contributed by atoms with Crippen molar-refractivity contribution >= 4 is 17.3 Å². The Bertz CT molecular complexity index is 633. The minimum Gasteiger partial charge on any atom is -0.398 e. The van der Waals surface area contributed by atoms with Crippen LogP contribution in [0.2, 0.25) is 0 Å². The number of anilines is 2. The van der Waals surface area contributed by atoms with Gasteiger partial charge in [-0.1, -0.05) is 24.3 Å². The van der Waals surface area contributed by atoms with Gasteiger partial charge in [0.2, 0.25) is 0 Å². The van der Waals surface area contributed by atoms with E-state index in [1.54, 1.807) is 0 Å². The van der Waals surface area contributed by atoms with Crippen molar-refractivity contribution < 1.29 is 4.79 Å². The summed E-state index contributed by atoms with van der Waals surface area (Å²) in [5.74, 6) is -0.102. The summed E-state index contributed by atoms with van der Waals surface area (Å²) in [7, 11) is 0. The Balaban J connectivity index is 2.35. The van der Waals surface area contributed by atoms with E-state index in [4.69, 9.17) is 5.73 Å². The molecular weight excluding hydrogens is 236 g/mol. The normalized spacial score (nSPS) is 10.3. The van der Waals surface area contributed by atoms with Crippen LogP contribution in [0.5, 0.6) is 0 Å². The molecule has 0 aromatic heterocycles. The molecule has 0 spiro atoms. The monoisotopic (exact) mass is 254 g/mol. The highest BCUT2D eigenvalue weighted by molar-refractivity contribution is 6.06. The highest BCUT2D eigenvalue weighted by Gasteiger charge is 2.12. The molecule has 0 unspecified atom stereocenters. The molecule has 2 aromatic rings. The summed E-state index contributed by atoms with van der Waals surface area (Å²) in [5, 5.41) is 2.96. The quantitative estimate of drug-likeness (QED) is 0.806. The van der Waals surface area contributed by atoms with E-state index in [1.165, 1.54) is 0 Å². The van der Waals surface area contributed by atoms with Crippen molar-refractivity contribution in [2.24, 2.45) is 0 Å². The minimum atomic E-state index is -0.102. The molecule has 0 saturated carbocycles. The second-order valence-corrected chi connectivity index (χ2v) is 4.74. The topological polar surface area (TPSA) is 55.1 Å². The van der Waals surface area contributed by atoms with Crippen LogP contribution in [0.3, 0.4) is 0 Å². The summed E-state index contributed by atoms with van der Waals surface area (Å²) >= 11 is 0. The van der Waals surface area contributed by atoms with Crippen molar-refractivity contribution in [3.63, 3.8) is 0 Å². The van der Waals surface area contributed by atoms with E-state index in [9.17, 15) is 4.79 Å². The van der Waals surface area contributed by atoms with Crippen molar-refractivity contribution in [1.82, 2.24) is 0 Å². The van der Waals surface area contributed by atoms with Gasteiger partial charge in [-0.3, -0.25) is 4.79 Å². The van der Waals surface area contributed by atoms with Gasteiger partial charge >= 0.3 is 0 Å². The van der Waals surface area contributed by atoms with Crippen LogP contribution in [0.1, 0.15) is 27.0 Å². The summed E-state index contributed by atoms with van der Waals surface area (Å²) in [4.78, 5) is 12.3. The summed E-state index contributed by atoms with van der Waals surface area (Å²) in [5.41, 5.74) is 10.9. The molecule has 1 amide bonds. The maximum atomic E-state index is 12.3. The number of nitrogen functional groups attached to an aromatic ring is 1. The smallest absolute Gasteiger partial charge is 0.255 e. The highest BCUT2D eigenvalue weighted by atomic mass is 16.1. The van der Waals surface area contributed by atoms with E-state index in [0.29, 0.717) is 11.3 Å². The lowest BCUT2D eigenvalue weighted by molar-refractivity contribution is 0.102. The van der Waals surface area contributed by atoms with Gasteiger partial charge in [0.05, 0.1) is 0 Å². The van der Waals surface area contributed by atoms with Crippen molar-refractivity contribution in [1.29, 1.82) is 0 Å². The molecule has 3 heteroatoms. The van der Waals surface area contributed by atoms with Gasteiger partial charge < -0.3 is 11.1 Å². The summed E-state index contributed by atoms with van der Waals surface area (Å²) in [6, 6.07) is 11.3. The average Bonchev–Trinajstić information content (AvgIpc) is 2.39. The maximum absolute atomic E-state index is 12.3.